The molecule has 2 atom stereocenters. The second-order valence-corrected chi connectivity index (χ2v) is 8.11. The summed E-state index contributed by atoms with van der Waals surface area (Å²) in [7, 11) is 0. The quantitative estimate of drug-likeness (QED) is 0.387. The highest BCUT2D eigenvalue weighted by Gasteiger charge is 2.51. The lowest BCUT2D eigenvalue weighted by molar-refractivity contribution is -0.140. The van der Waals surface area contributed by atoms with Gasteiger partial charge in [0.05, 0.1) is 19.3 Å². The van der Waals surface area contributed by atoms with Crippen LogP contribution in [0.25, 0.3) is 0 Å². The number of aryl methyl sites for hydroxylation is 1. The van der Waals surface area contributed by atoms with Crippen molar-refractivity contribution >= 4 is 17.5 Å². The number of amides is 1. The summed E-state index contributed by atoms with van der Waals surface area (Å²) < 4.78 is 5.38. The summed E-state index contributed by atoms with van der Waals surface area (Å²) in [4.78, 5) is 47.3. The van der Waals surface area contributed by atoms with E-state index < -0.39 is 23.7 Å². The number of hydrogen-bond donors (Lipinski definition) is 0. The fraction of sp³-hybridized carbons (Fsp3) is 0.417. The van der Waals surface area contributed by atoms with Gasteiger partial charge in [-0.15, -0.1) is 0 Å². The zero-order valence-corrected chi connectivity index (χ0v) is 17.7. The summed E-state index contributed by atoms with van der Waals surface area (Å²) >= 11 is 0. The van der Waals surface area contributed by atoms with Crippen LogP contribution in [0.2, 0.25) is 0 Å². The molecule has 0 aliphatic carbocycles. The van der Waals surface area contributed by atoms with E-state index >= 15 is 0 Å². The number of Topliss-reactive ketones (excluding diaryl/α,β-unsaturated/α-hetero) is 2. The molecule has 0 saturated carbocycles. The molecule has 1 aromatic heterocycles. The Balaban J connectivity index is 1.58. The second-order valence-electron chi connectivity index (χ2n) is 8.11. The minimum atomic E-state index is -1.05. The molecule has 0 radical (unpaired) electrons. The van der Waals surface area contributed by atoms with Crippen molar-refractivity contribution in [3.8, 4) is 0 Å². The average Bonchev–Trinajstić information content (AvgIpc) is 3.05. The van der Waals surface area contributed by atoms with E-state index in [1.54, 1.807) is 35.5 Å². The summed E-state index contributed by atoms with van der Waals surface area (Å²) in [6, 6.07) is 10.1. The first-order chi connectivity index (χ1) is 15.1. The highest BCUT2D eigenvalue weighted by molar-refractivity contribution is 6.44. The minimum absolute atomic E-state index is 0.317. The number of carbonyl (C=O) groups excluding carboxylic acids is 3. The van der Waals surface area contributed by atoms with Crippen molar-refractivity contribution in [1.82, 2.24) is 14.8 Å². The van der Waals surface area contributed by atoms with Crippen LogP contribution in [-0.4, -0.2) is 71.7 Å². The highest BCUT2D eigenvalue weighted by Crippen LogP contribution is 2.38. The van der Waals surface area contributed by atoms with Gasteiger partial charge in [-0.1, -0.05) is 35.9 Å². The van der Waals surface area contributed by atoms with Crippen LogP contribution in [0.15, 0.2) is 48.8 Å². The molecular weight excluding hydrogens is 394 g/mol. The van der Waals surface area contributed by atoms with Gasteiger partial charge in [0.15, 0.2) is 5.78 Å². The summed E-state index contributed by atoms with van der Waals surface area (Å²) in [6.45, 7) is 6.34. The predicted molar refractivity (Wildman–Crippen MR) is 115 cm³/mol. The molecule has 2 saturated heterocycles. The van der Waals surface area contributed by atoms with Gasteiger partial charge >= 0.3 is 0 Å². The Kier molecular flexibility index (Phi) is 6.53. The summed E-state index contributed by atoms with van der Waals surface area (Å²) in [6.07, 6.45) is 4.00. The number of pyridine rings is 1. The lowest BCUT2D eigenvalue weighted by Crippen LogP contribution is -2.39. The SMILES string of the molecule is Cc1ccc(C(=O)C2C(=O)C(=O)N(CCCN3CCOCC3)C2c2cccnc2)cc1. The van der Waals surface area contributed by atoms with Crippen molar-refractivity contribution in [2.24, 2.45) is 5.92 Å². The number of ether oxygens (including phenoxy) is 1. The maximum absolute atomic E-state index is 13.3. The topological polar surface area (TPSA) is 79.8 Å². The number of hydrogen-bond acceptors (Lipinski definition) is 6. The molecule has 0 spiro atoms. The molecule has 7 heteroatoms. The molecule has 2 aromatic rings. The first kappa shape index (κ1) is 21.3. The molecule has 2 aliphatic rings. The molecule has 2 fully saturated rings. The van der Waals surface area contributed by atoms with E-state index in [0.29, 0.717) is 30.9 Å². The standard InChI is InChI=1S/C24H27N3O4/c1-17-5-7-18(8-6-17)22(28)20-21(19-4-2-9-25-16-19)27(24(30)23(20)29)11-3-10-26-12-14-31-15-13-26/h2,4-9,16,20-21H,3,10-15H2,1H3. The monoisotopic (exact) mass is 421 g/mol. The van der Waals surface area contributed by atoms with Gasteiger partial charge in [0, 0.05) is 44.1 Å². The molecule has 1 aromatic carbocycles. The third-order valence-corrected chi connectivity index (χ3v) is 6.03. The van der Waals surface area contributed by atoms with E-state index in [1.807, 2.05) is 25.1 Å². The number of morpholine rings is 1. The van der Waals surface area contributed by atoms with Crippen LogP contribution in [0, 0.1) is 12.8 Å². The number of nitrogens with zero attached hydrogens (tertiary/aromatic N) is 3. The Bertz CT molecular complexity index is 939. The van der Waals surface area contributed by atoms with Crippen LogP contribution in [0.3, 0.4) is 0 Å². The lowest BCUT2D eigenvalue weighted by Gasteiger charge is -2.30. The largest absolute Gasteiger partial charge is 0.379 e. The maximum atomic E-state index is 13.3. The number of rotatable bonds is 7. The molecule has 31 heavy (non-hydrogen) atoms. The normalized spacial score (nSPS) is 22.2. The van der Waals surface area contributed by atoms with E-state index in [1.165, 1.54) is 0 Å². The zero-order chi connectivity index (χ0) is 21.8. The Hall–Kier alpha value is -2.90. The van der Waals surface area contributed by atoms with Crippen molar-refractivity contribution < 1.29 is 19.1 Å². The Labute approximate surface area is 182 Å². The van der Waals surface area contributed by atoms with E-state index in [2.05, 4.69) is 9.88 Å². The number of aromatic nitrogens is 1. The van der Waals surface area contributed by atoms with Crippen LogP contribution >= 0.6 is 0 Å². The van der Waals surface area contributed by atoms with Gasteiger partial charge < -0.3 is 9.64 Å². The molecule has 0 bridgehead atoms. The maximum Gasteiger partial charge on any atom is 0.291 e. The number of benzene rings is 1. The van der Waals surface area contributed by atoms with Crippen molar-refractivity contribution in [2.45, 2.75) is 19.4 Å². The third-order valence-electron chi connectivity index (χ3n) is 6.03. The van der Waals surface area contributed by atoms with Crippen LogP contribution in [0.1, 0.15) is 33.9 Å². The Morgan fingerprint density at radius 2 is 1.84 bits per heavy atom. The average molecular weight is 421 g/mol. The van der Waals surface area contributed by atoms with Crippen LogP contribution < -0.4 is 0 Å². The number of carbonyl (C=O) groups is 3. The Morgan fingerprint density at radius 3 is 2.52 bits per heavy atom. The zero-order valence-electron chi connectivity index (χ0n) is 17.7. The lowest BCUT2D eigenvalue weighted by atomic mass is 9.86. The smallest absolute Gasteiger partial charge is 0.291 e. The van der Waals surface area contributed by atoms with Crippen molar-refractivity contribution in [2.75, 3.05) is 39.4 Å². The van der Waals surface area contributed by atoms with Gasteiger partial charge in [0.1, 0.15) is 5.92 Å². The van der Waals surface area contributed by atoms with E-state index in [4.69, 9.17) is 4.74 Å². The summed E-state index contributed by atoms with van der Waals surface area (Å²) in [5.74, 6) is -2.59. The molecule has 162 valence electrons. The third kappa shape index (κ3) is 4.57. The molecule has 3 heterocycles. The summed E-state index contributed by atoms with van der Waals surface area (Å²) in [5.41, 5.74) is 2.18. The van der Waals surface area contributed by atoms with Gasteiger partial charge in [0.2, 0.25) is 5.78 Å². The van der Waals surface area contributed by atoms with Crippen LogP contribution in [0.5, 0.6) is 0 Å². The Morgan fingerprint density at radius 1 is 1.10 bits per heavy atom. The summed E-state index contributed by atoms with van der Waals surface area (Å²) in [5, 5.41) is 0. The molecule has 2 unspecified atom stereocenters. The van der Waals surface area contributed by atoms with Gasteiger partial charge in [0.25, 0.3) is 5.91 Å². The first-order valence-electron chi connectivity index (χ1n) is 10.7. The van der Waals surface area contributed by atoms with Crippen molar-refractivity contribution in [1.29, 1.82) is 0 Å². The van der Waals surface area contributed by atoms with Crippen molar-refractivity contribution in [3.05, 3.63) is 65.5 Å². The predicted octanol–water partition coefficient (Wildman–Crippen LogP) is 2.06. The van der Waals surface area contributed by atoms with Gasteiger partial charge in [-0.25, -0.2) is 0 Å². The molecule has 1 amide bonds. The van der Waals surface area contributed by atoms with Crippen molar-refractivity contribution in [3.63, 3.8) is 0 Å². The van der Waals surface area contributed by atoms with Crippen LogP contribution in [-0.2, 0) is 14.3 Å². The molecule has 7 nitrogen and oxygen atoms in total. The van der Waals surface area contributed by atoms with Gasteiger partial charge in [-0.05, 0) is 25.0 Å². The molecule has 4 rings (SSSR count). The van der Waals surface area contributed by atoms with E-state index in [9.17, 15) is 14.4 Å². The molecular formula is C24H27N3O4. The highest BCUT2D eigenvalue weighted by atomic mass is 16.5. The molecule has 2 aliphatic heterocycles. The van der Waals surface area contributed by atoms with Gasteiger partial charge in [-0.2, -0.15) is 0 Å². The number of ketones is 2. The van der Waals surface area contributed by atoms with E-state index in [0.717, 1.165) is 31.6 Å². The fourth-order valence-corrected chi connectivity index (χ4v) is 4.34. The first-order valence-corrected chi connectivity index (χ1v) is 10.7. The van der Waals surface area contributed by atoms with E-state index in [-0.39, 0.29) is 5.78 Å². The minimum Gasteiger partial charge on any atom is -0.379 e. The fourth-order valence-electron chi connectivity index (χ4n) is 4.34. The van der Waals surface area contributed by atoms with Crippen LogP contribution in [0.4, 0.5) is 0 Å². The number of likely N-dealkylation sites (tertiary alicyclic amines) is 1. The second kappa shape index (κ2) is 9.49. The van der Waals surface area contributed by atoms with Gasteiger partial charge in [-0.3, -0.25) is 24.3 Å². The molecule has 0 N–H and O–H groups in total.